The predicted molar refractivity (Wildman–Crippen MR) is 92.5 cm³/mol. The lowest BCUT2D eigenvalue weighted by molar-refractivity contribution is -0.113. The number of hydrogen-bond donors (Lipinski definition) is 1. The van der Waals surface area contributed by atoms with Crippen LogP contribution in [0.25, 0.3) is 11.1 Å². The number of nitrogens with zero attached hydrogens (tertiary/aromatic N) is 1. The van der Waals surface area contributed by atoms with Gasteiger partial charge in [0.05, 0.1) is 17.5 Å². The van der Waals surface area contributed by atoms with E-state index in [2.05, 4.69) is 10.5 Å². The first-order valence-corrected chi connectivity index (χ1v) is 8.20. The fourth-order valence-corrected chi connectivity index (χ4v) is 2.80. The maximum atomic E-state index is 12.1. The Balaban J connectivity index is 1.63. The topological polar surface area (TPSA) is 55.1 Å². The molecule has 0 aliphatic carbocycles. The Morgan fingerprint density at radius 2 is 1.87 bits per heavy atom. The van der Waals surface area contributed by atoms with Gasteiger partial charge in [-0.25, -0.2) is 0 Å². The molecular weight excluding hydrogens is 308 g/mol. The van der Waals surface area contributed by atoms with Crippen LogP contribution in [0.4, 0.5) is 5.88 Å². The van der Waals surface area contributed by atoms with Crippen molar-refractivity contribution in [3.8, 4) is 11.1 Å². The zero-order chi connectivity index (χ0) is 16.1. The van der Waals surface area contributed by atoms with Gasteiger partial charge in [0.2, 0.25) is 11.8 Å². The van der Waals surface area contributed by atoms with Crippen molar-refractivity contribution in [2.75, 3.05) is 11.1 Å². The number of aryl methyl sites for hydroxylation is 1. The van der Waals surface area contributed by atoms with Crippen LogP contribution in [0.3, 0.4) is 0 Å². The van der Waals surface area contributed by atoms with Crippen LogP contribution in [0.1, 0.15) is 5.56 Å². The molecule has 4 nitrogen and oxygen atoms in total. The van der Waals surface area contributed by atoms with Gasteiger partial charge in [0.1, 0.15) is 0 Å². The normalized spacial score (nSPS) is 10.5. The first-order chi connectivity index (χ1) is 11.2. The summed E-state index contributed by atoms with van der Waals surface area (Å²) < 4.78 is 5.17. The molecule has 0 fully saturated rings. The molecule has 0 unspecified atom stereocenters. The van der Waals surface area contributed by atoms with Crippen molar-refractivity contribution < 1.29 is 9.32 Å². The molecule has 0 bridgehead atoms. The monoisotopic (exact) mass is 324 g/mol. The van der Waals surface area contributed by atoms with E-state index < -0.39 is 0 Å². The SMILES string of the molecule is Cc1ccc(SCC(=O)Nc2oncc2-c2ccccc2)cc1. The highest BCUT2D eigenvalue weighted by Gasteiger charge is 2.13. The van der Waals surface area contributed by atoms with Crippen LogP contribution in [0.2, 0.25) is 0 Å². The Morgan fingerprint density at radius 1 is 1.13 bits per heavy atom. The summed E-state index contributed by atoms with van der Waals surface area (Å²) in [5.41, 5.74) is 2.93. The van der Waals surface area contributed by atoms with Gasteiger partial charge in [-0.3, -0.25) is 10.1 Å². The van der Waals surface area contributed by atoms with Crippen LogP contribution >= 0.6 is 11.8 Å². The summed E-state index contributed by atoms with van der Waals surface area (Å²) in [5.74, 6) is 0.577. The minimum absolute atomic E-state index is 0.121. The molecule has 5 heteroatoms. The predicted octanol–water partition coefficient (Wildman–Crippen LogP) is 4.38. The fourth-order valence-electron chi connectivity index (χ4n) is 2.10. The number of rotatable bonds is 5. The smallest absolute Gasteiger partial charge is 0.239 e. The molecule has 0 spiro atoms. The van der Waals surface area contributed by atoms with E-state index in [0.29, 0.717) is 11.6 Å². The van der Waals surface area contributed by atoms with E-state index in [4.69, 9.17) is 4.52 Å². The lowest BCUT2D eigenvalue weighted by Gasteiger charge is -2.04. The third-order valence-electron chi connectivity index (χ3n) is 3.30. The van der Waals surface area contributed by atoms with Crippen LogP contribution in [-0.4, -0.2) is 16.8 Å². The van der Waals surface area contributed by atoms with Gasteiger partial charge in [0, 0.05) is 4.90 Å². The summed E-state index contributed by atoms with van der Waals surface area (Å²) in [4.78, 5) is 13.2. The Bertz CT molecular complexity index is 782. The van der Waals surface area contributed by atoms with Crippen molar-refractivity contribution in [2.45, 2.75) is 11.8 Å². The number of nitrogens with one attached hydrogen (secondary N) is 1. The van der Waals surface area contributed by atoms with Gasteiger partial charge in [0.15, 0.2) is 0 Å². The molecule has 2 aromatic carbocycles. The maximum absolute atomic E-state index is 12.1. The molecule has 116 valence electrons. The number of carbonyl (C=O) groups excluding carboxylic acids is 1. The average Bonchev–Trinajstić information content (AvgIpc) is 3.03. The van der Waals surface area contributed by atoms with E-state index >= 15 is 0 Å². The first kappa shape index (κ1) is 15.4. The van der Waals surface area contributed by atoms with E-state index in [-0.39, 0.29) is 5.91 Å². The minimum Gasteiger partial charge on any atom is -0.338 e. The lowest BCUT2D eigenvalue weighted by Crippen LogP contribution is -2.14. The standard InChI is InChI=1S/C18H16N2O2S/c1-13-7-9-15(10-8-13)23-12-17(21)20-18-16(11-19-22-18)14-5-3-2-4-6-14/h2-11H,12H2,1H3,(H,20,21). The van der Waals surface area contributed by atoms with E-state index in [1.54, 1.807) is 6.20 Å². The van der Waals surface area contributed by atoms with Crippen LogP contribution in [0.15, 0.2) is 70.2 Å². The number of carbonyl (C=O) groups is 1. The molecule has 23 heavy (non-hydrogen) atoms. The van der Waals surface area contributed by atoms with Gasteiger partial charge >= 0.3 is 0 Å². The molecule has 0 aliphatic rings. The van der Waals surface area contributed by atoms with Crippen LogP contribution in [0.5, 0.6) is 0 Å². The summed E-state index contributed by atoms with van der Waals surface area (Å²) in [5, 5.41) is 6.56. The lowest BCUT2D eigenvalue weighted by atomic mass is 10.1. The quantitative estimate of drug-likeness (QED) is 0.708. The van der Waals surface area contributed by atoms with Crippen molar-refractivity contribution in [2.24, 2.45) is 0 Å². The highest BCUT2D eigenvalue weighted by atomic mass is 32.2. The molecule has 1 heterocycles. The average molecular weight is 324 g/mol. The molecule has 3 aromatic rings. The van der Waals surface area contributed by atoms with Gasteiger partial charge in [-0.05, 0) is 24.6 Å². The highest BCUT2D eigenvalue weighted by Crippen LogP contribution is 2.27. The number of benzene rings is 2. The number of thioether (sulfide) groups is 1. The van der Waals surface area contributed by atoms with Gasteiger partial charge in [0.25, 0.3) is 0 Å². The van der Waals surface area contributed by atoms with Crippen LogP contribution in [0, 0.1) is 6.92 Å². The number of aromatic nitrogens is 1. The second-order valence-electron chi connectivity index (χ2n) is 5.08. The van der Waals surface area contributed by atoms with Crippen molar-refractivity contribution in [3.05, 3.63) is 66.4 Å². The van der Waals surface area contributed by atoms with Crippen molar-refractivity contribution in [3.63, 3.8) is 0 Å². The van der Waals surface area contributed by atoms with Crippen molar-refractivity contribution in [1.82, 2.24) is 5.16 Å². The summed E-state index contributed by atoms with van der Waals surface area (Å²) in [6.07, 6.45) is 1.61. The maximum Gasteiger partial charge on any atom is 0.239 e. The minimum atomic E-state index is -0.121. The molecule has 0 radical (unpaired) electrons. The van der Waals surface area contributed by atoms with Crippen LogP contribution < -0.4 is 5.32 Å². The zero-order valence-electron chi connectivity index (χ0n) is 12.7. The Labute approximate surface area is 138 Å². The van der Waals surface area contributed by atoms with Crippen molar-refractivity contribution >= 4 is 23.6 Å². The molecule has 1 amide bonds. The Kier molecular flexibility index (Phi) is 4.78. The highest BCUT2D eigenvalue weighted by molar-refractivity contribution is 8.00. The fraction of sp³-hybridized carbons (Fsp3) is 0.111. The summed E-state index contributed by atoms with van der Waals surface area (Å²) >= 11 is 1.49. The van der Waals surface area contributed by atoms with Crippen LogP contribution in [-0.2, 0) is 4.79 Å². The van der Waals surface area contributed by atoms with E-state index in [1.165, 1.54) is 17.3 Å². The summed E-state index contributed by atoms with van der Waals surface area (Å²) in [7, 11) is 0. The largest absolute Gasteiger partial charge is 0.338 e. The third-order valence-corrected chi connectivity index (χ3v) is 4.31. The number of hydrogen-bond acceptors (Lipinski definition) is 4. The summed E-state index contributed by atoms with van der Waals surface area (Å²) in [6.45, 7) is 2.04. The van der Waals surface area contributed by atoms with Gasteiger partial charge in [-0.2, -0.15) is 0 Å². The van der Waals surface area contributed by atoms with E-state index in [1.807, 2.05) is 61.5 Å². The van der Waals surface area contributed by atoms with E-state index in [9.17, 15) is 4.79 Å². The summed E-state index contributed by atoms with van der Waals surface area (Å²) in [6, 6.07) is 17.8. The molecule has 3 rings (SSSR count). The van der Waals surface area contributed by atoms with E-state index in [0.717, 1.165) is 16.0 Å². The Morgan fingerprint density at radius 3 is 2.61 bits per heavy atom. The van der Waals surface area contributed by atoms with Gasteiger partial charge < -0.3 is 4.52 Å². The molecule has 1 N–H and O–H groups in total. The second-order valence-corrected chi connectivity index (χ2v) is 6.13. The second kappa shape index (κ2) is 7.15. The molecular formula is C18H16N2O2S. The first-order valence-electron chi connectivity index (χ1n) is 7.22. The third kappa shape index (κ3) is 4.02. The Hall–Kier alpha value is -2.53. The number of anilines is 1. The molecule has 0 saturated heterocycles. The van der Waals surface area contributed by atoms with Gasteiger partial charge in [-0.1, -0.05) is 53.2 Å². The number of amides is 1. The van der Waals surface area contributed by atoms with Gasteiger partial charge in [-0.15, -0.1) is 11.8 Å². The molecule has 0 aliphatic heterocycles. The molecule has 1 aromatic heterocycles. The molecule has 0 atom stereocenters. The zero-order valence-corrected chi connectivity index (χ0v) is 13.5. The van der Waals surface area contributed by atoms with Crippen molar-refractivity contribution in [1.29, 1.82) is 0 Å². The molecule has 0 saturated carbocycles.